The molecule has 1 saturated carbocycles. The molecule has 1 spiro atoms. The topological polar surface area (TPSA) is 53.0 Å². The minimum atomic E-state index is -0.582. The predicted molar refractivity (Wildman–Crippen MR) is 94.9 cm³/mol. The van der Waals surface area contributed by atoms with Gasteiger partial charge >= 0.3 is 0 Å². The summed E-state index contributed by atoms with van der Waals surface area (Å²) in [5.41, 5.74) is -0.582. The van der Waals surface area contributed by atoms with Gasteiger partial charge in [0.05, 0.1) is 0 Å². The van der Waals surface area contributed by atoms with Crippen LogP contribution in [0.3, 0.4) is 0 Å². The number of likely N-dealkylation sites (N-methyl/N-ethyl adjacent to an activating group) is 1. The lowest BCUT2D eigenvalue weighted by atomic mass is 9.85. The molecule has 2 heterocycles. The molecule has 24 heavy (non-hydrogen) atoms. The van der Waals surface area contributed by atoms with E-state index in [0.717, 1.165) is 37.9 Å². The Morgan fingerprint density at radius 3 is 2.50 bits per heavy atom. The van der Waals surface area contributed by atoms with Crippen molar-refractivity contribution in [3.63, 3.8) is 0 Å². The number of unbranched alkanes of at least 4 members (excludes halogenated alkanes) is 1. The quantitative estimate of drug-likeness (QED) is 0.794. The van der Waals surface area contributed by atoms with Gasteiger partial charge in [-0.2, -0.15) is 0 Å². The number of nitrogens with zero attached hydrogens (tertiary/aromatic N) is 3. The van der Waals surface area contributed by atoms with E-state index in [1.165, 1.54) is 19.3 Å². The number of hydrogen-bond donors (Lipinski definition) is 0. The summed E-state index contributed by atoms with van der Waals surface area (Å²) in [6.07, 6.45) is 10.1. The maximum Gasteiger partial charge on any atom is 0.255 e. The average molecular weight is 333 g/mol. The van der Waals surface area contributed by atoms with E-state index in [1.807, 2.05) is 11.9 Å². The van der Waals surface area contributed by atoms with Gasteiger partial charge in [-0.15, -0.1) is 0 Å². The zero-order valence-electron chi connectivity index (χ0n) is 15.2. The summed E-state index contributed by atoms with van der Waals surface area (Å²) >= 11 is 0. The Morgan fingerprint density at radius 2 is 1.88 bits per heavy atom. The lowest BCUT2D eigenvalue weighted by Gasteiger charge is -2.38. The Labute approximate surface area is 145 Å². The second kappa shape index (κ2) is 7.24. The normalized spacial score (nSPS) is 24.6. The predicted octanol–water partition coefficient (Wildman–Crippen LogP) is 2.99. The van der Waals surface area contributed by atoms with Crippen LogP contribution in [-0.2, 0) is 9.59 Å². The molecule has 0 radical (unpaired) electrons. The highest BCUT2D eigenvalue weighted by atomic mass is 16.2. The van der Waals surface area contributed by atoms with Crippen LogP contribution < -0.4 is 0 Å². The van der Waals surface area contributed by atoms with Crippen LogP contribution in [-0.4, -0.2) is 53.1 Å². The van der Waals surface area contributed by atoms with Crippen LogP contribution in [0.4, 0.5) is 0 Å². The molecule has 3 rings (SSSR count). The highest BCUT2D eigenvalue weighted by molar-refractivity contribution is 6.08. The molecule has 0 N–H and O–H groups in total. The van der Waals surface area contributed by atoms with Crippen molar-refractivity contribution < 1.29 is 9.59 Å². The molecule has 0 bridgehead atoms. The summed E-state index contributed by atoms with van der Waals surface area (Å²) in [5.74, 6) is 1.61. The summed E-state index contributed by atoms with van der Waals surface area (Å²) in [6.45, 7) is 3.52. The summed E-state index contributed by atoms with van der Waals surface area (Å²) < 4.78 is 0. The number of likely N-dealkylation sites (tertiary alicyclic amines) is 1. The number of aliphatic imine (C=N–C) groups is 1. The van der Waals surface area contributed by atoms with E-state index in [9.17, 15) is 9.59 Å². The molecule has 5 heteroatoms. The summed E-state index contributed by atoms with van der Waals surface area (Å²) in [7, 11) is 1.85. The van der Waals surface area contributed by atoms with Crippen LogP contribution in [0.5, 0.6) is 0 Å². The van der Waals surface area contributed by atoms with Crippen LogP contribution in [0.1, 0.15) is 71.1 Å². The molecule has 1 saturated heterocycles. The molecule has 0 atom stereocenters. The Bertz CT molecular complexity index is 515. The van der Waals surface area contributed by atoms with Crippen LogP contribution in [0.2, 0.25) is 0 Å². The van der Waals surface area contributed by atoms with Gasteiger partial charge in [-0.3, -0.25) is 14.6 Å². The van der Waals surface area contributed by atoms with Gasteiger partial charge < -0.3 is 9.80 Å². The van der Waals surface area contributed by atoms with Crippen LogP contribution in [0.15, 0.2) is 4.99 Å². The van der Waals surface area contributed by atoms with Crippen molar-refractivity contribution in [2.75, 3.05) is 20.1 Å². The van der Waals surface area contributed by atoms with E-state index in [-0.39, 0.29) is 11.8 Å². The molecule has 0 aromatic carbocycles. The number of amides is 2. The number of hydrogen-bond acceptors (Lipinski definition) is 3. The van der Waals surface area contributed by atoms with Crippen molar-refractivity contribution in [2.24, 2.45) is 10.9 Å². The fourth-order valence-corrected chi connectivity index (χ4v) is 4.39. The van der Waals surface area contributed by atoms with E-state index < -0.39 is 5.54 Å². The van der Waals surface area contributed by atoms with Gasteiger partial charge in [-0.05, 0) is 32.1 Å². The fourth-order valence-electron chi connectivity index (χ4n) is 4.39. The third-order valence-corrected chi connectivity index (χ3v) is 6.04. The molecule has 0 aromatic rings. The highest BCUT2D eigenvalue weighted by Crippen LogP contribution is 2.35. The first kappa shape index (κ1) is 17.4. The molecule has 2 fully saturated rings. The lowest BCUT2D eigenvalue weighted by molar-refractivity contribution is -0.141. The maximum atomic E-state index is 12.7. The molecule has 134 valence electrons. The van der Waals surface area contributed by atoms with E-state index >= 15 is 0 Å². The standard InChI is InChI=1S/C19H31N3O2/c1-3-4-10-16-20-19(18(24)21(16)2)11-13-22(14-12-19)17(23)15-8-6-5-7-9-15/h15H,3-14H2,1-2H3. The average Bonchev–Trinajstić information content (AvgIpc) is 2.86. The smallest absolute Gasteiger partial charge is 0.255 e. The summed E-state index contributed by atoms with van der Waals surface area (Å²) in [6, 6.07) is 0. The second-order valence-electron chi connectivity index (χ2n) is 7.69. The summed E-state index contributed by atoms with van der Waals surface area (Å²) in [4.78, 5) is 34.0. The van der Waals surface area contributed by atoms with Crippen molar-refractivity contribution in [1.82, 2.24) is 9.80 Å². The Kier molecular flexibility index (Phi) is 5.26. The molecule has 0 unspecified atom stereocenters. The zero-order valence-corrected chi connectivity index (χ0v) is 15.2. The van der Waals surface area contributed by atoms with Crippen molar-refractivity contribution in [1.29, 1.82) is 0 Å². The Hall–Kier alpha value is -1.39. The van der Waals surface area contributed by atoms with Crippen molar-refractivity contribution in [3.8, 4) is 0 Å². The second-order valence-corrected chi connectivity index (χ2v) is 7.69. The van der Waals surface area contributed by atoms with Crippen LogP contribution >= 0.6 is 0 Å². The molecular weight excluding hydrogens is 302 g/mol. The van der Waals surface area contributed by atoms with Crippen molar-refractivity contribution >= 4 is 17.6 Å². The molecular formula is C19H31N3O2. The van der Waals surface area contributed by atoms with Crippen LogP contribution in [0, 0.1) is 5.92 Å². The largest absolute Gasteiger partial charge is 0.342 e. The van der Waals surface area contributed by atoms with Gasteiger partial charge in [0.15, 0.2) is 0 Å². The molecule has 2 amide bonds. The Morgan fingerprint density at radius 1 is 1.21 bits per heavy atom. The molecule has 0 aromatic heterocycles. The van der Waals surface area contributed by atoms with E-state index in [4.69, 9.17) is 4.99 Å². The van der Waals surface area contributed by atoms with E-state index in [2.05, 4.69) is 6.92 Å². The fraction of sp³-hybridized carbons (Fsp3) is 0.842. The minimum Gasteiger partial charge on any atom is -0.342 e. The van der Waals surface area contributed by atoms with Gasteiger partial charge in [0, 0.05) is 32.5 Å². The first-order chi connectivity index (χ1) is 11.6. The maximum absolute atomic E-state index is 12.7. The molecule has 5 nitrogen and oxygen atoms in total. The number of amidine groups is 1. The number of carbonyl (C=O) groups excluding carboxylic acids is 2. The van der Waals surface area contributed by atoms with Gasteiger partial charge in [0.2, 0.25) is 5.91 Å². The SMILES string of the molecule is CCCCC1=NC2(CCN(C(=O)C3CCCCC3)CC2)C(=O)N1C. The van der Waals surface area contributed by atoms with Gasteiger partial charge in [-0.25, -0.2) is 0 Å². The van der Waals surface area contributed by atoms with Gasteiger partial charge in [0.1, 0.15) is 11.4 Å². The molecule has 3 aliphatic rings. The van der Waals surface area contributed by atoms with E-state index in [1.54, 1.807) is 4.90 Å². The first-order valence-electron chi connectivity index (χ1n) is 9.73. The van der Waals surface area contributed by atoms with Crippen molar-refractivity contribution in [2.45, 2.75) is 76.7 Å². The molecule has 2 aliphatic heterocycles. The van der Waals surface area contributed by atoms with Crippen molar-refractivity contribution in [3.05, 3.63) is 0 Å². The third-order valence-electron chi connectivity index (χ3n) is 6.04. The molecule has 1 aliphatic carbocycles. The van der Waals surface area contributed by atoms with Gasteiger partial charge in [-0.1, -0.05) is 32.6 Å². The van der Waals surface area contributed by atoms with E-state index in [0.29, 0.717) is 31.8 Å². The summed E-state index contributed by atoms with van der Waals surface area (Å²) in [5, 5.41) is 0. The van der Waals surface area contributed by atoms with Crippen LogP contribution in [0.25, 0.3) is 0 Å². The number of rotatable bonds is 4. The zero-order chi connectivity index (χ0) is 17.2. The van der Waals surface area contributed by atoms with Gasteiger partial charge in [0.25, 0.3) is 5.91 Å². The minimum absolute atomic E-state index is 0.137. The monoisotopic (exact) mass is 333 g/mol. The first-order valence-corrected chi connectivity index (χ1v) is 9.73. The highest BCUT2D eigenvalue weighted by Gasteiger charge is 2.49. The lowest BCUT2D eigenvalue weighted by Crippen LogP contribution is -2.51. The Balaban J connectivity index is 1.62. The number of piperidine rings is 1. The third kappa shape index (κ3) is 3.22. The number of carbonyl (C=O) groups is 2.